The SMILES string of the molecule is C=CCn1ccnc1C. The molecule has 0 N–H and O–H groups in total. The van der Waals surface area contributed by atoms with Gasteiger partial charge in [-0.2, -0.15) is 0 Å². The fourth-order valence-corrected chi connectivity index (χ4v) is 0.736. The molecule has 0 unspecified atom stereocenters. The van der Waals surface area contributed by atoms with Crippen LogP contribution in [0.25, 0.3) is 0 Å². The molecule has 2 heteroatoms. The molecule has 2 nitrogen and oxygen atoms in total. The first-order chi connectivity index (χ1) is 4.34. The summed E-state index contributed by atoms with van der Waals surface area (Å²) in [5, 5.41) is 0. The van der Waals surface area contributed by atoms with Gasteiger partial charge in [0, 0.05) is 18.9 Å². The van der Waals surface area contributed by atoms with Crippen LogP contribution in [0, 0.1) is 6.92 Å². The Labute approximate surface area is 54.8 Å². The van der Waals surface area contributed by atoms with Gasteiger partial charge in [-0.25, -0.2) is 4.98 Å². The van der Waals surface area contributed by atoms with Crippen molar-refractivity contribution in [2.24, 2.45) is 0 Å². The van der Waals surface area contributed by atoms with E-state index in [2.05, 4.69) is 11.6 Å². The Morgan fingerprint density at radius 3 is 3.11 bits per heavy atom. The Hall–Kier alpha value is -1.05. The fraction of sp³-hybridized carbons (Fsp3) is 0.286. The number of allylic oxidation sites excluding steroid dienone is 1. The van der Waals surface area contributed by atoms with Gasteiger partial charge < -0.3 is 4.57 Å². The third-order valence-corrected chi connectivity index (χ3v) is 1.25. The quantitative estimate of drug-likeness (QED) is 0.542. The van der Waals surface area contributed by atoms with Crippen molar-refractivity contribution in [3.05, 3.63) is 30.9 Å². The lowest BCUT2D eigenvalue weighted by molar-refractivity contribution is 0.782. The molecule has 0 saturated heterocycles. The van der Waals surface area contributed by atoms with Gasteiger partial charge in [-0.15, -0.1) is 6.58 Å². The number of nitrogens with zero attached hydrogens (tertiary/aromatic N) is 2. The van der Waals surface area contributed by atoms with E-state index < -0.39 is 0 Å². The largest absolute Gasteiger partial charge is 0.331 e. The summed E-state index contributed by atoms with van der Waals surface area (Å²) >= 11 is 0. The van der Waals surface area contributed by atoms with Crippen LogP contribution in [-0.4, -0.2) is 9.55 Å². The van der Waals surface area contributed by atoms with Crippen LogP contribution in [0.2, 0.25) is 0 Å². The molecule has 1 aromatic heterocycles. The monoisotopic (exact) mass is 122 g/mol. The molecule has 1 aromatic rings. The molecule has 1 heterocycles. The lowest BCUT2D eigenvalue weighted by Crippen LogP contribution is -1.94. The molecular formula is C7H10N2. The highest BCUT2D eigenvalue weighted by molar-refractivity contribution is 4.90. The molecule has 0 spiro atoms. The Morgan fingerprint density at radius 1 is 1.89 bits per heavy atom. The third-order valence-electron chi connectivity index (χ3n) is 1.25. The summed E-state index contributed by atoms with van der Waals surface area (Å²) in [6, 6.07) is 0. The van der Waals surface area contributed by atoms with Crippen LogP contribution < -0.4 is 0 Å². The zero-order valence-electron chi connectivity index (χ0n) is 5.54. The second-order valence-electron chi connectivity index (χ2n) is 1.92. The lowest BCUT2D eigenvalue weighted by atomic mass is 10.6. The summed E-state index contributed by atoms with van der Waals surface area (Å²) in [5.74, 6) is 1.04. The zero-order valence-corrected chi connectivity index (χ0v) is 5.54. The molecule has 0 radical (unpaired) electrons. The van der Waals surface area contributed by atoms with Crippen molar-refractivity contribution in [1.82, 2.24) is 9.55 Å². The average Bonchev–Trinajstić information content (AvgIpc) is 2.18. The van der Waals surface area contributed by atoms with Gasteiger partial charge in [-0.3, -0.25) is 0 Å². The third kappa shape index (κ3) is 1.19. The molecule has 48 valence electrons. The van der Waals surface area contributed by atoms with Crippen molar-refractivity contribution in [3.8, 4) is 0 Å². The van der Waals surface area contributed by atoms with Gasteiger partial charge in [0.2, 0.25) is 0 Å². The van der Waals surface area contributed by atoms with Crippen molar-refractivity contribution in [3.63, 3.8) is 0 Å². The average molecular weight is 122 g/mol. The minimum absolute atomic E-state index is 0.853. The minimum Gasteiger partial charge on any atom is -0.331 e. The molecule has 0 fully saturated rings. The number of hydrogen-bond acceptors (Lipinski definition) is 1. The number of aryl methyl sites for hydroxylation is 1. The first-order valence-corrected chi connectivity index (χ1v) is 2.93. The van der Waals surface area contributed by atoms with E-state index in [0.29, 0.717) is 0 Å². The summed E-state index contributed by atoms with van der Waals surface area (Å²) in [5.41, 5.74) is 0. The van der Waals surface area contributed by atoms with E-state index in [1.54, 1.807) is 6.20 Å². The standard InChI is InChI=1S/C7H10N2/c1-3-5-9-6-4-8-7(9)2/h3-4,6H,1,5H2,2H3. The Kier molecular flexibility index (Phi) is 1.68. The predicted octanol–water partition coefficient (Wildman–Crippen LogP) is 1.38. The Morgan fingerprint density at radius 2 is 2.67 bits per heavy atom. The van der Waals surface area contributed by atoms with E-state index in [0.717, 1.165) is 12.4 Å². The van der Waals surface area contributed by atoms with Gasteiger partial charge >= 0.3 is 0 Å². The maximum Gasteiger partial charge on any atom is 0.105 e. The highest BCUT2D eigenvalue weighted by Gasteiger charge is 1.89. The van der Waals surface area contributed by atoms with E-state index in [1.807, 2.05) is 23.8 Å². The van der Waals surface area contributed by atoms with Crippen LogP contribution in [0.1, 0.15) is 5.82 Å². The summed E-state index contributed by atoms with van der Waals surface area (Å²) in [4.78, 5) is 4.05. The lowest BCUT2D eigenvalue weighted by Gasteiger charge is -1.96. The molecule has 1 rings (SSSR count). The molecule has 0 aromatic carbocycles. The van der Waals surface area contributed by atoms with Crippen LogP contribution in [0.5, 0.6) is 0 Å². The van der Waals surface area contributed by atoms with Gasteiger partial charge in [-0.1, -0.05) is 6.08 Å². The zero-order chi connectivity index (χ0) is 6.69. The number of rotatable bonds is 2. The first kappa shape index (κ1) is 6.08. The molecular weight excluding hydrogens is 112 g/mol. The van der Waals surface area contributed by atoms with Crippen molar-refractivity contribution < 1.29 is 0 Å². The molecule has 0 atom stereocenters. The van der Waals surface area contributed by atoms with Gasteiger partial charge in [0.25, 0.3) is 0 Å². The molecule has 0 aliphatic heterocycles. The van der Waals surface area contributed by atoms with E-state index in [9.17, 15) is 0 Å². The van der Waals surface area contributed by atoms with Crippen LogP contribution in [0.4, 0.5) is 0 Å². The van der Waals surface area contributed by atoms with Gasteiger partial charge in [-0.05, 0) is 6.92 Å². The second kappa shape index (κ2) is 2.49. The maximum atomic E-state index is 4.05. The molecule has 0 saturated carbocycles. The maximum absolute atomic E-state index is 4.05. The predicted molar refractivity (Wildman–Crippen MR) is 37.2 cm³/mol. The van der Waals surface area contributed by atoms with Crippen molar-refractivity contribution in [2.45, 2.75) is 13.5 Å². The van der Waals surface area contributed by atoms with Crippen molar-refractivity contribution >= 4 is 0 Å². The second-order valence-corrected chi connectivity index (χ2v) is 1.92. The molecule has 9 heavy (non-hydrogen) atoms. The van der Waals surface area contributed by atoms with Crippen molar-refractivity contribution in [2.75, 3.05) is 0 Å². The molecule has 0 aliphatic carbocycles. The van der Waals surface area contributed by atoms with E-state index in [4.69, 9.17) is 0 Å². The van der Waals surface area contributed by atoms with Crippen LogP contribution in [-0.2, 0) is 6.54 Å². The summed E-state index contributed by atoms with van der Waals surface area (Å²) in [6.45, 7) is 6.46. The van der Waals surface area contributed by atoms with E-state index in [1.165, 1.54) is 0 Å². The normalized spacial score (nSPS) is 9.44. The molecule has 0 amide bonds. The summed E-state index contributed by atoms with van der Waals surface area (Å²) in [7, 11) is 0. The Balaban J connectivity index is 2.80. The minimum atomic E-state index is 0.853. The van der Waals surface area contributed by atoms with Crippen molar-refractivity contribution in [1.29, 1.82) is 0 Å². The smallest absolute Gasteiger partial charge is 0.105 e. The van der Waals surface area contributed by atoms with Crippen LogP contribution in [0.3, 0.4) is 0 Å². The highest BCUT2D eigenvalue weighted by atomic mass is 15.0. The molecule has 0 bridgehead atoms. The fourth-order valence-electron chi connectivity index (χ4n) is 0.736. The molecule has 0 aliphatic rings. The van der Waals surface area contributed by atoms with Crippen LogP contribution >= 0.6 is 0 Å². The summed E-state index contributed by atoms with van der Waals surface area (Å²) in [6.07, 6.45) is 5.59. The Bertz CT molecular complexity index is 200. The van der Waals surface area contributed by atoms with Gasteiger partial charge in [0.05, 0.1) is 0 Å². The van der Waals surface area contributed by atoms with Gasteiger partial charge in [0.1, 0.15) is 5.82 Å². The van der Waals surface area contributed by atoms with E-state index in [-0.39, 0.29) is 0 Å². The van der Waals surface area contributed by atoms with Crippen LogP contribution in [0.15, 0.2) is 25.0 Å². The highest BCUT2D eigenvalue weighted by Crippen LogP contribution is 1.93. The topological polar surface area (TPSA) is 17.8 Å². The van der Waals surface area contributed by atoms with E-state index >= 15 is 0 Å². The number of imidazole rings is 1. The van der Waals surface area contributed by atoms with Gasteiger partial charge in [0.15, 0.2) is 0 Å². The number of aromatic nitrogens is 2. The first-order valence-electron chi connectivity index (χ1n) is 2.93. The summed E-state index contributed by atoms with van der Waals surface area (Å²) < 4.78 is 2.03. The number of hydrogen-bond donors (Lipinski definition) is 0.